The lowest BCUT2D eigenvalue weighted by Crippen LogP contribution is -2.44. The van der Waals surface area contributed by atoms with Gasteiger partial charge >= 0.3 is 0 Å². The molecule has 0 bridgehead atoms. The molecule has 0 spiro atoms. The number of hydrogen-bond acceptors (Lipinski definition) is 3. The fourth-order valence-electron chi connectivity index (χ4n) is 3.87. The van der Waals surface area contributed by atoms with Crippen molar-refractivity contribution in [1.82, 2.24) is 0 Å². The molecule has 2 aliphatic carbocycles. The van der Waals surface area contributed by atoms with Gasteiger partial charge in [0.15, 0.2) is 5.12 Å². The molecule has 0 aromatic rings. The number of hydrogen-bond donors (Lipinski definition) is 0. The topological polar surface area (TPSA) is 34.1 Å². The summed E-state index contributed by atoms with van der Waals surface area (Å²) in [6.45, 7) is 10.5. The first-order valence-electron chi connectivity index (χ1n) is 7.65. The third-order valence-corrected chi connectivity index (χ3v) is 6.20. The van der Waals surface area contributed by atoms with Crippen LogP contribution in [0, 0.1) is 23.2 Å². The lowest BCUT2D eigenvalue weighted by atomic mass is 9.52. The average Bonchev–Trinajstić information content (AvgIpc) is 2.40. The van der Waals surface area contributed by atoms with Crippen LogP contribution >= 0.6 is 11.8 Å². The van der Waals surface area contributed by atoms with Crippen molar-refractivity contribution in [3.8, 4) is 0 Å². The SMILES string of the molecule is C=C1CCC(=O)[C@H](CSC(C)=O)CC[C@@H]2[C@@H]1CC2(C)C. The molecule has 0 saturated heterocycles. The smallest absolute Gasteiger partial charge is 0.185 e. The van der Waals surface area contributed by atoms with E-state index in [1.165, 1.54) is 23.8 Å². The Kier molecular flexibility index (Phi) is 4.78. The summed E-state index contributed by atoms with van der Waals surface area (Å²) < 4.78 is 0. The Balaban J connectivity index is 2.05. The molecule has 20 heavy (non-hydrogen) atoms. The molecule has 0 aromatic heterocycles. The molecule has 2 fully saturated rings. The van der Waals surface area contributed by atoms with Gasteiger partial charge in [-0.05, 0) is 42.9 Å². The van der Waals surface area contributed by atoms with Crippen molar-refractivity contribution in [3.63, 3.8) is 0 Å². The van der Waals surface area contributed by atoms with Crippen LogP contribution in [-0.2, 0) is 9.59 Å². The van der Waals surface area contributed by atoms with E-state index in [0.717, 1.165) is 19.3 Å². The fourth-order valence-corrected chi connectivity index (χ4v) is 4.66. The number of rotatable bonds is 2. The Morgan fingerprint density at radius 2 is 2.05 bits per heavy atom. The molecule has 2 saturated carbocycles. The lowest BCUT2D eigenvalue weighted by molar-refractivity contribution is -0.122. The molecule has 0 unspecified atom stereocenters. The van der Waals surface area contributed by atoms with Crippen LogP contribution in [0.3, 0.4) is 0 Å². The molecular weight excluding hydrogens is 268 g/mol. The zero-order valence-electron chi connectivity index (χ0n) is 12.9. The molecule has 2 aliphatic rings. The van der Waals surface area contributed by atoms with Crippen molar-refractivity contribution in [3.05, 3.63) is 12.2 Å². The van der Waals surface area contributed by atoms with Crippen molar-refractivity contribution in [2.75, 3.05) is 5.75 Å². The second kappa shape index (κ2) is 6.05. The molecule has 0 radical (unpaired) electrons. The molecule has 0 aliphatic heterocycles. The van der Waals surface area contributed by atoms with Gasteiger partial charge in [0, 0.05) is 25.0 Å². The summed E-state index contributed by atoms with van der Waals surface area (Å²) in [4.78, 5) is 23.4. The van der Waals surface area contributed by atoms with Gasteiger partial charge < -0.3 is 0 Å². The third-order valence-electron chi connectivity index (χ3n) is 5.22. The monoisotopic (exact) mass is 294 g/mol. The summed E-state index contributed by atoms with van der Waals surface area (Å²) in [5.41, 5.74) is 1.67. The zero-order valence-corrected chi connectivity index (χ0v) is 13.7. The van der Waals surface area contributed by atoms with E-state index in [-0.39, 0.29) is 11.0 Å². The Labute approximate surface area is 126 Å². The maximum absolute atomic E-state index is 12.3. The molecule has 0 N–H and O–H groups in total. The predicted octanol–water partition coefficient (Wildman–Crippen LogP) is 4.24. The number of ketones is 1. The van der Waals surface area contributed by atoms with E-state index in [0.29, 0.717) is 35.2 Å². The van der Waals surface area contributed by atoms with E-state index >= 15 is 0 Å². The van der Waals surface area contributed by atoms with Gasteiger partial charge in [-0.25, -0.2) is 0 Å². The van der Waals surface area contributed by atoms with E-state index < -0.39 is 0 Å². The molecule has 0 aromatic carbocycles. The summed E-state index contributed by atoms with van der Waals surface area (Å²) in [5, 5.41) is 0.115. The van der Waals surface area contributed by atoms with Crippen molar-refractivity contribution < 1.29 is 9.59 Å². The largest absolute Gasteiger partial charge is 0.299 e. The standard InChI is InChI=1S/C17H26O2S/c1-11-5-8-16(19)13(10-20-12(2)18)6-7-15-14(11)9-17(15,3)4/h13-15H,1,5-10H2,2-4H3/t13-,14+,15+/m0/s1. The van der Waals surface area contributed by atoms with Gasteiger partial charge in [0.2, 0.25) is 0 Å². The molecule has 0 amide bonds. The molecule has 3 atom stereocenters. The van der Waals surface area contributed by atoms with E-state index in [2.05, 4.69) is 20.4 Å². The molecule has 3 heteroatoms. The highest BCUT2D eigenvalue weighted by Gasteiger charge is 2.48. The summed E-state index contributed by atoms with van der Waals surface area (Å²) in [6, 6.07) is 0. The van der Waals surface area contributed by atoms with Crippen molar-refractivity contribution in [2.45, 2.75) is 52.9 Å². The maximum Gasteiger partial charge on any atom is 0.185 e. The van der Waals surface area contributed by atoms with Gasteiger partial charge in [-0.1, -0.05) is 37.8 Å². The molecule has 0 heterocycles. The van der Waals surface area contributed by atoms with Crippen LogP contribution in [0.1, 0.15) is 52.9 Å². The zero-order chi connectivity index (χ0) is 14.9. The van der Waals surface area contributed by atoms with Crippen LogP contribution in [0.15, 0.2) is 12.2 Å². The Morgan fingerprint density at radius 1 is 1.35 bits per heavy atom. The number of thioether (sulfide) groups is 1. The van der Waals surface area contributed by atoms with E-state index in [9.17, 15) is 9.59 Å². The van der Waals surface area contributed by atoms with E-state index in [4.69, 9.17) is 0 Å². The van der Waals surface area contributed by atoms with Gasteiger partial charge in [0.05, 0.1) is 0 Å². The average molecular weight is 294 g/mol. The van der Waals surface area contributed by atoms with Crippen LogP contribution in [0.5, 0.6) is 0 Å². The minimum Gasteiger partial charge on any atom is -0.299 e. The highest BCUT2D eigenvalue weighted by molar-refractivity contribution is 8.13. The van der Waals surface area contributed by atoms with E-state index in [1.54, 1.807) is 6.92 Å². The second-order valence-electron chi connectivity index (χ2n) is 7.11. The summed E-state index contributed by atoms with van der Waals surface area (Å²) in [5.74, 6) is 2.35. The van der Waals surface area contributed by atoms with Gasteiger partial charge in [0.1, 0.15) is 5.78 Å². The van der Waals surface area contributed by atoms with Gasteiger partial charge in [0.25, 0.3) is 0 Å². The Morgan fingerprint density at radius 3 is 2.65 bits per heavy atom. The molecule has 2 rings (SSSR count). The van der Waals surface area contributed by atoms with Crippen molar-refractivity contribution in [1.29, 1.82) is 0 Å². The minimum absolute atomic E-state index is 0.0619. The first-order chi connectivity index (χ1) is 9.31. The van der Waals surface area contributed by atoms with Gasteiger partial charge in [-0.3, -0.25) is 9.59 Å². The summed E-state index contributed by atoms with van der Waals surface area (Å²) in [6.07, 6.45) is 4.73. The van der Waals surface area contributed by atoms with Crippen LogP contribution < -0.4 is 0 Å². The number of fused-ring (bicyclic) bond motifs is 1. The quantitative estimate of drug-likeness (QED) is 0.714. The van der Waals surface area contributed by atoms with Gasteiger partial charge in [-0.15, -0.1) is 0 Å². The second-order valence-corrected chi connectivity index (χ2v) is 8.30. The fraction of sp³-hybridized carbons (Fsp3) is 0.765. The van der Waals surface area contributed by atoms with E-state index in [1.807, 2.05) is 0 Å². The van der Waals surface area contributed by atoms with Crippen molar-refractivity contribution >= 4 is 22.7 Å². The minimum atomic E-state index is 0.0619. The predicted molar refractivity (Wildman–Crippen MR) is 84.6 cm³/mol. The van der Waals surface area contributed by atoms with Crippen LogP contribution in [0.25, 0.3) is 0 Å². The molecule has 2 nitrogen and oxygen atoms in total. The van der Waals surface area contributed by atoms with Crippen LogP contribution in [0.2, 0.25) is 0 Å². The third kappa shape index (κ3) is 3.36. The summed E-state index contributed by atoms with van der Waals surface area (Å²) in [7, 11) is 0. The van der Waals surface area contributed by atoms with Crippen molar-refractivity contribution in [2.24, 2.45) is 23.2 Å². The highest BCUT2D eigenvalue weighted by Crippen LogP contribution is 2.56. The number of carbonyl (C=O) groups is 2. The first-order valence-corrected chi connectivity index (χ1v) is 8.63. The Bertz CT molecular complexity index is 425. The van der Waals surface area contributed by atoms with Crippen LogP contribution in [-0.4, -0.2) is 16.7 Å². The molecular formula is C17H26O2S. The molecule has 112 valence electrons. The first kappa shape index (κ1) is 15.8. The maximum atomic E-state index is 12.3. The highest BCUT2D eigenvalue weighted by atomic mass is 32.2. The lowest BCUT2D eigenvalue weighted by Gasteiger charge is -2.53. The van der Waals surface area contributed by atoms with Gasteiger partial charge in [-0.2, -0.15) is 0 Å². The number of carbonyl (C=O) groups excluding carboxylic acids is 2. The Hall–Kier alpha value is -0.570. The number of allylic oxidation sites excluding steroid dienone is 1. The van der Waals surface area contributed by atoms with Crippen LogP contribution in [0.4, 0.5) is 0 Å². The normalized spacial score (nSPS) is 33.5. The summed E-state index contributed by atoms with van der Waals surface area (Å²) >= 11 is 1.30. The number of Topliss-reactive ketones (excluding diaryl/α,β-unsaturated/α-hetero) is 1.